The van der Waals surface area contributed by atoms with Gasteiger partial charge in [0.2, 0.25) is 0 Å². The van der Waals surface area contributed by atoms with Gasteiger partial charge < -0.3 is 94.2 Å². The van der Waals surface area contributed by atoms with Crippen LogP contribution in [0.1, 0.15) is 167 Å². The van der Waals surface area contributed by atoms with Crippen molar-refractivity contribution in [3.63, 3.8) is 0 Å². The van der Waals surface area contributed by atoms with Gasteiger partial charge in [-0.25, -0.2) is 14.4 Å². The maximum atomic E-state index is 13.3. The summed E-state index contributed by atoms with van der Waals surface area (Å²) in [7, 11) is 8.28. The van der Waals surface area contributed by atoms with Gasteiger partial charge in [0.15, 0.2) is 12.6 Å². The molecule has 0 aliphatic carbocycles. The second-order valence-corrected chi connectivity index (χ2v) is 29.5. The Morgan fingerprint density at radius 1 is 0.460 bits per heavy atom. The number of likely N-dealkylation sites (tertiary alicyclic amines) is 2. The number of phenolic OH excluding ortho intramolecular Hbond substituents is 3. The number of aromatic hydroxyl groups is 3. The van der Waals surface area contributed by atoms with Gasteiger partial charge in [-0.2, -0.15) is 0 Å². The largest absolute Gasteiger partial charge is 1.00 e. The van der Waals surface area contributed by atoms with Crippen LogP contribution in [-0.2, 0) is 71.7 Å². The van der Waals surface area contributed by atoms with Crippen molar-refractivity contribution in [2.24, 2.45) is 0 Å². The van der Waals surface area contributed by atoms with E-state index in [4.69, 9.17) is 70.3 Å². The summed E-state index contributed by atoms with van der Waals surface area (Å²) in [5.74, 6) is -1.28. The third-order valence-corrected chi connectivity index (χ3v) is 20.7. The summed E-state index contributed by atoms with van der Waals surface area (Å²) < 4.78 is 42.4. The van der Waals surface area contributed by atoms with E-state index < -0.39 is 11.4 Å². The molecule has 26 nitrogen and oxygen atoms in total. The van der Waals surface area contributed by atoms with Crippen molar-refractivity contribution in [3.05, 3.63) is 258 Å². The fraction of sp³-hybridized carbons (Fsp3) is 0.421. The van der Waals surface area contributed by atoms with Crippen molar-refractivity contribution < 1.29 is 132 Å². The molecule has 688 valence electrons. The van der Waals surface area contributed by atoms with E-state index in [-0.39, 0.29) is 102 Å². The van der Waals surface area contributed by atoms with Gasteiger partial charge in [0.05, 0.1) is 93.8 Å². The van der Waals surface area contributed by atoms with Crippen LogP contribution < -0.4 is 28.9 Å². The number of alkyl halides is 1. The molecule has 0 unspecified atom stereocenters. The molecular weight excluding hydrogens is 1880 g/mol. The molecule has 9 N–H and O–H groups in total. The SMILES string of the molecule is CCOC(=O)Cl.CCOC(=O)c1ccccc1CCOC.CI.COCCc1ccccc1Br.COCCc1ccccc1C(=O)N1CCCC[C@H]1CO.COCCc1ccccc1C(=O)N1CCCC[C@H]1COc1cccc(O)c1C=O.COCCc1ccccc1C(=O)O.O=Cc1c(O)cccc1O.OCCc1ccccc1Br.OC[C@@H]1CCCCN1.[Li+].[OH-]. The normalized spacial score (nSPS) is 13.8. The number of carboxylic acid groups (broad SMARTS) is 1. The number of piperidine rings is 3. The zero-order valence-corrected chi connectivity index (χ0v) is 79.9. The number of nitrogens with zero attached hydrogens (tertiary/aromatic N) is 2. The molecule has 0 bridgehead atoms. The van der Waals surface area contributed by atoms with Gasteiger partial charge in [-0.1, -0.05) is 182 Å². The van der Waals surface area contributed by atoms with E-state index in [1.807, 2.05) is 136 Å². The van der Waals surface area contributed by atoms with E-state index >= 15 is 0 Å². The third kappa shape index (κ3) is 46.2. The van der Waals surface area contributed by atoms with E-state index in [2.05, 4.69) is 70.6 Å². The molecule has 2 amide bonds. The van der Waals surface area contributed by atoms with Gasteiger partial charge in [-0.15, -0.1) is 0 Å². The maximum absolute atomic E-state index is 13.3. The van der Waals surface area contributed by atoms with Crippen LogP contribution in [0.5, 0.6) is 23.0 Å². The minimum atomic E-state index is -0.883. The molecule has 8 aromatic carbocycles. The molecule has 0 spiro atoms. The van der Waals surface area contributed by atoms with Crippen LogP contribution in [0.2, 0.25) is 0 Å². The summed E-state index contributed by atoms with van der Waals surface area (Å²) in [5, 5.41) is 66.4. The number of phenols is 3. The van der Waals surface area contributed by atoms with Crippen LogP contribution in [0, 0.1) is 0 Å². The van der Waals surface area contributed by atoms with Gasteiger partial charge in [0, 0.05) is 93.0 Å². The van der Waals surface area contributed by atoms with Crippen molar-refractivity contribution in [2.45, 2.75) is 128 Å². The summed E-state index contributed by atoms with van der Waals surface area (Å²) in [4.78, 5) is 85.0. The molecule has 0 radical (unpaired) electrons. The van der Waals surface area contributed by atoms with E-state index in [1.165, 1.54) is 42.7 Å². The number of carboxylic acids is 1. The number of rotatable bonds is 30. The molecule has 3 saturated heterocycles. The minimum absolute atomic E-state index is 0. The fourth-order valence-corrected chi connectivity index (χ4v) is 13.7. The van der Waals surface area contributed by atoms with Gasteiger partial charge in [-0.05, 0) is 209 Å². The average Bonchev–Trinajstić information content (AvgIpc) is 0.821. The molecular formula is C95H126Br2ClILiN3O23. The number of hydrogen-bond acceptors (Lipinski definition) is 23. The number of methoxy groups -OCH3 is 5. The van der Waals surface area contributed by atoms with Crippen molar-refractivity contribution in [3.8, 4) is 23.0 Å². The first kappa shape index (κ1) is 118. The van der Waals surface area contributed by atoms with E-state index in [1.54, 1.807) is 79.7 Å². The predicted octanol–water partition coefficient (Wildman–Crippen LogP) is 13.9. The van der Waals surface area contributed by atoms with Crippen LogP contribution in [0.3, 0.4) is 0 Å². The fourth-order valence-electron chi connectivity index (χ4n) is 12.6. The Hall–Kier alpha value is -8.17. The number of ether oxygens (including phenoxy) is 8. The van der Waals surface area contributed by atoms with Crippen LogP contribution in [0.25, 0.3) is 0 Å². The minimum Gasteiger partial charge on any atom is -0.870 e. The number of halogens is 4. The smallest absolute Gasteiger partial charge is 0.870 e. The van der Waals surface area contributed by atoms with E-state index in [9.17, 15) is 43.8 Å². The number of aldehydes is 2. The van der Waals surface area contributed by atoms with Crippen LogP contribution in [-0.4, -0.2) is 244 Å². The summed E-state index contributed by atoms with van der Waals surface area (Å²) in [5.41, 5.74) is 7.99. The van der Waals surface area contributed by atoms with Crippen LogP contribution in [0.15, 0.2) is 191 Å². The molecule has 31 heteroatoms. The molecule has 3 aliphatic heterocycles. The van der Waals surface area contributed by atoms with Crippen molar-refractivity contribution >= 4 is 108 Å². The Kier molecular flexibility index (Phi) is 68.9. The number of carbonyl (C=O) groups excluding carboxylic acids is 6. The molecule has 3 aliphatic rings. The van der Waals surface area contributed by atoms with E-state index in [0.717, 1.165) is 133 Å². The number of nitrogens with one attached hydrogen (secondary N) is 1. The summed E-state index contributed by atoms with van der Waals surface area (Å²) in [6.45, 7) is 10.7. The Morgan fingerprint density at radius 3 is 1.19 bits per heavy atom. The molecule has 0 aromatic heterocycles. The van der Waals surface area contributed by atoms with Crippen LogP contribution >= 0.6 is 66.1 Å². The zero-order chi connectivity index (χ0) is 91.7. The molecule has 3 heterocycles. The van der Waals surface area contributed by atoms with Crippen molar-refractivity contribution in [1.29, 1.82) is 0 Å². The van der Waals surface area contributed by atoms with Gasteiger partial charge >= 0.3 is 36.2 Å². The second kappa shape index (κ2) is 73.7. The van der Waals surface area contributed by atoms with E-state index in [0.29, 0.717) is 107 Å². The number of benzene rings is 8. The Balaban J connectivity index is 0.00000144. The third-order valence-electron chi connectivity index (χ3n) is 19.1. The van der Waals surface area contributed by atoms with Gasteiger partial charge in [0.25, 0.3) is 11.8 Å². The first-order valence-corrected chi connectivity index (χ1v) is 45.1. The second-order valence-electron chi connectivity index (χ2n) is 27.4. The summed E-state index contributed by atoms with van der Waals surface area (Å²) in [6, 6.07) is 55.0. The number of aliphatic hydroxyl groups excluding tert-OH is 3. The number of carbonyl (C=O) groups is 7. The molecule has 0 saturated carbocycles. The number of hydrogen-bond donors (Lipinski definition) is 8. The number of amides is 2. The maximum Gasteiger partial charge on any atom is 1.00 e. The first-order valence-electron chi connectivity index (χ1n) is 41.0. The number of aromatic carboxylic acids is 1. The average molecular weight is 2010 g/mol. The monoisotopic (exact) mass is 2000 g/mol. The van der Waals surface area contributed by atoms with Gasteiger partial charge in [0.1, 0.15) is 29.6 Å². The molecule has 8 aromatic rings. The Labute approximate surface area is 790 Å². The Bertz CT molecular complexity index is 4300. The molecule has 3 fully saturated rings. The number of esters is 1. The number of aliphatic hydroxyl groups is 3. The predicted molar refractivity (Wildman–Crippen MR) is 502 cm³/mol. The first-order chi connectivity index (χ1) is 60.1. The zero-order valence-electron chi connectivity index (χ0n) is 73.8. The van der Waals surface area contributed by atoms with Gasteiger partial charge in [-0.3, -0.25) is 19.2 Å². The summed E-state index contributed by atoms with van der Waals surface area (Å²) >= 11 is 13.7. The topological polar surface area (TPSA) is 383 Å². The molecule has 11 rings (SSSR count). The van der Waals surface area contributed by atoms with Crippen molar-refractivity contribution in [1.82, 2.24) is 15.1 Å². The van der Waals surface area contributed by atoms with Crippen molar-refractivity contribution in [2.75, 3.05) is 133 Å². The van der Waals surface area contributed by atoms with Crippen LogP contribution in [0.4, 0.5) is 4.79 Å². The standard InChI is InChI=1S/C23H27NO5.C16H23NO3.C12H16O3.C10H12O3.C9H11BrO.C8H9BrO.C7H6O3.C6H13NO.C3H5ClO2.CH3I.Li.H2O/c1-28-14-12-17-7-2-3-9-19(17)23(27)24-13-5-4-8-18(24)16-29-22-11-6-10-21(26)20(22)15-25;1-20-11-9-13-6-2-3-8-15(13)16(19)17-10-5-4-7-14(17)12-18;1-3-15-12(13)11-7-5-4-6-10(11)8-9-14-2;1-13-7-6-8-4-2-3-5-9(8)10(11)12;1-11-7-6-8-4-2-3-5-9(8)10;9-8-4-2-1-3-7(8)5-6-10;8-4-5-6(9)2-1-3-7(5)10;8-5-6-3-1-2-4-7-6;1-2-6-3(4)5;1-2;;/h2-3,6-7,9-11,15,18,26H,4-5,8,12-14,16H2,1H3;2-3,6,8,14,18H,4-5,7,9-12H2,1H3;4-7H,3,8-9H2,1-2H3;2-5H,6-7H2,1H3,(H,11,12);2-5H,6-7H2,1H3;1-4,10H,5-6H2;1-4,9-10H;6-8H,1-5H2;2H2,1H3;1H3;;1H2/q;;;;;;;;;;+1;/p-1/t18-;14-;;;;;;6-;;;;/m00.....0..../s1. The summed E-state index contributed by atoms with van der Waals surface area (Å²) in [6.07, 6.45) is 15.0. The quantitative estimate of drug-likeness (QED) is 0.00517. The Morgan fingerprint density at radius 2 is 0.825 bits per heavy atom. The molecule has 126 heavy (non-hydrogen) atoms. The molecule has 3 atom stereocenters.